The molecule has 1 aliphatic rings. The number of nitrogens with zero attached hydrogens (tertiary/aromatic N) is 4. The molecule has 0 bridgehead atoms. The van der Waals surface area contributed by atoms with E-state index in [-0.39, 0.29) is 30.2 Å². The number of hydrogen-bond acceptors (Lipinski definition) is 9. The number of carbonyl (C=O) groups is 4. The van der Waals surface area contributed by atoms with Crippen LogP contribution in [0.25, 0.3) is 0 Å². The van der Waals surface area contributed by atoms with E-state index < -0.39 is 5.54 Å². The largest absolute Gasteiger partial charge is 0.392 e. The van der Waals surface area contributed by atoms with Gasteiger partial charge in [-0.3, -0.25) is 19.2 Å². The van der Waals surface area contributed by atoms with Gasteiger partial charge in [0.05, 0.1) is 10.6 Å². The SMILES string of the molecule is CCC/C(=C\Cl)CCC/C=C(\C)NC.CCC1(CC)C(=O)N(Cc2nc(C)no2)CCN1C(=O)C(/C=C/C(C)(C)C)=C(\NC=O)SC.NC=O. The summed E-state index contributed by atoms with van der Waals surface area (Å²) in [6.07, 6.45) is 15.2. The molecule has 50 heavy (non-hydrogen) atoms. The van der Waals surface area contributed by atoms with Crippen molar-refractivity contribution in [2.75, 3.05) is 26.4 Å². The molecule has 1 fully saturated rings. The molecule has 2 rings (SSSR count). The molecular formula is C36H60ClN7O5S. The molecule has 12 nitrogen and oxygen atoms in total. The first-order valence-corrected chi connectivity index (χ1v) is 18.7. The van der Waals surface area contributed by atoms with Gasteiger partial charge in [-0.1, -0.05) is 88.5 Å². The highest BCUT2D eigenvalue weighted by atomic mass is 35.5. The number of rotatable bonds is 16. The lowest BCUT2D eigenvalue weighted by Crippen LogP contribution is -2.66. The third-order valence-corrected chi connectivity index (χ3v) is 9.05. The zero-order valence-electron chi connectivity index (χ0n) is 31.7. The topological polar surface area (TPSA) is 164 Å². The number of piperazine rings is 1. The van der Waals surface area contributed by atoms with Gasteiger partial charge in [0, 0.05) is 31.4 Å². The van der Waals surface area contributed by atoms with Crippen molar-refractivity contribution in [1.29, 1.82) is 0 Å². The number of nitrogens with two attached hydrogens (primary N) is 1. The summed E-state index contributed by atoms with van der Waals surface area (Å²) >= 11 is 7.01. The predicted octanol–water partition coefficient (Wildman–Crippen LogP) is 6.33. The van der Waals surface area contributed by atoms with Crippen LogP contribution in [0.4, 0.5) is 0 Å². The molecule has 0 radical (unpaired) electrons. The van der Waals surface area contributed by atoms with Crippen LogP contribution in [0.15, 0.2) is 50.2 Å². The molecule has 1 aliphatic heterocycles. The molecule has 0 unspecified atom stereocenters. The summed E-state index contributed by atoms with van der Waals surface area (Å²) in [4.78, 5) is 54.9. The fourth-order valence-corrected chi connectivity index (χ4v) is 5.98. The molecule has 4 N–H and O–H groups in total. The van der Waals surface area contributed by atoms with Crippen molar-refractivity contribution in [2.45, 2.75) is 112 Å². The van der Waals surface area contributed by atoms with E-state index in [2.05, 4.69) is 46.4 Å². The number of carbonyl (C=O) groups excluding carboxylic acids is 4. The molecule has 0 atom stereocenters. The molecule has 282 valence electrons. The predicted molar refractivity (Wildman–Crippen MR) is 204 cm³/mol. The maximum atomic E-state index is 13.9. The molecule has 1 aromatic heterocycles. The number of allylic oxidation sites excluding steroid dienone is 4. The quantitative estimate of drug-likeness (QED) is 0.0761. The number of nitrogens with one attached hydrogen (secondary N) is 2. The summed E-state index contributed by atoms with van der Waals surface area (Å²) in [6.45, 7) is 16.8. The van der Waals surface area contributed by atoms with E-state index in [1.165, 1.54) is 35.9 Å². The first kappa shape index (κ1) is 46.4. The Morgan fingerprint density at radius 1 is 1.16 bits per heavy atom. The summed E-state index contributed by atoms with van der Waals surface area (Å²) in [5.74, 6) is 0.460. The molecule has 0 saturated carbocycles. The summed E-state index contributed by atoms with van der Waals surface area (Å²) in [5, 5.41) is 10.0. The molecule has 0 aliphatic carbocycles. The number of aryl methyl sites for hydroxylation is 1. The van der Waals surface area contributed by atoms with Crippen molar-refractivity contribution in [3.05, 3.63) is 57.4 Å². The van der Waals surface area contributed by atoms with Crippen molar-refractivity contribution in [3.63, 3.8) is 0 Å². The van der Waals surface area contributed by atoms with Crippen LogP contribution in [0.2, 0.25) is 0 Å². The Morgan fingerprint density at radius 2 is 1.80 bits per heavy atom. The highest BCUT2D eigenvalue weighted by molar-refractivity contribution is 8.02. The van der Waals surface area contributed by atoms with Gasteiger partial charge >= 0.3 is 0 Å². The van der Waals surface area contributed by atoms with E-state index in [0.717, 1.165) is 19.3 Å². The number of thioether (sulfide) groups is 1. The van der Waals surface area contributed by atoms with Gasteiger partial charge in [-0.2, -0.15) is 4.98 Å². The smallest absolute Gasteiger partial charge is 0.257 e. The second-order valence-electron chi connectivity index (χ2n) is 12.7. The van der Waals surface area contributed by atoms with Crippen molar-refractivity contribution in [2.24, 2.45) is 11.1 Å². The third kappa shape index (κ3) is 15.5. The standard InChI is InChI=1S/C23H35N5O4S.C12H22ClN.CH3NO/c1-8-23(9-2)21(31)27(14-18-25-16(3)26-32-18)12-13-28(23)20(30)17(10-11-22(4,5)6)19(33-7)24-15-29;1-4-7-12(10-13)9-6-5-8-11(2)14-3;2-1-3/h10-11,15H,8-9,12-14H2,1-7H3,(H,24,29);8,10,14H,4-7,9H2,1-3H3;1H,(H2,2,3)/b11-10+,19-17+;11-8+,12-10+;. The van der Waals surface area contributed by atoms with E-state index >= 15 is 0 Å². The molecule has 14 heteroatoms. The molecular weight excluding hydrogens is 678 g/mol. The average molecular weight is 738 g/mol. The summed E-state index contributed by atoms with van der Waals surface area (Å²) in [6, 6.07) is 0. The van der Waals surface area contributed by atoms with Gasteiger partial charge in [0.15, 0.2) is 5.82 Å². The van der Waals surface area contributed by atoms with Crippen LogP contribution >= 0.6 is 23.4 Å². The average Bonchev–Trinajstić information content (AvgIpc) is 3.50. The van der Waals surface area contributed by atoms with E-state index in [4.69, 9.17) is 20.9 Å². The van der Waals surface area contributed by atoms with Gasteiger partial charge in [-0.05, 0) is 64.0 Å². The molecule has 0 aromatic carbocycles. The highest BCUT2D eigenvalue weighted by Gasteiger charge is 2.49. The zero-order valence-corrected chi connectivity index (χ0v) is 33.3. The molecule has 2 heterocycles. The van der Waals surface area contributed by atoms with E-state index in [1.54, 1.807) is 34.6 Å². The number of aromatic nitrogens is 2. The second kappa shape index (κ2) is 24.5. The fraction of sp³-hybridized carbons (Fsp3) is 0.611. The normalized spacial score (nSPS) is 15.4. The van der Waals surface area contributed by atoms with Crippen LogP contribution < -0.4 is 16.4 Å². The van der Waals surface area contributed by atoms with Crippen LogP contribution in [0, 0.1) is 12.3 Å². The molecule has 4 amide bonds. The van der Waals surface area contributed by atoms with Crippen LogP contribution in [0.5, 0.6) is 0 Å². The monoisotopic (exact) mass is 737 g/mol. The van der Waals surface area contributed by atoms with Crippen molar-refractivity contribution in [1.82, 2.24) is 30.6 Å². The number of amides is 4. The Labute approximate surface area is 308 Å². The van der Waals surface area contributed by atoms with E-state index in [9.17, 15) is 14.4 Å². The lowest BCUT2D eigenvalue weighted by Gasteiger charge is -2.49. The Balaban J connectivity index is 0.00000118. The Kier molecular flexibility index (Phi) is 22.8. The van der Waals surface area contributed by atoms with Crippen LogP contribution in [0.3, 0.4) is 0 Å². The number of halogens is 1. The molecule has 1 saturated heterocycles. The maximum absolute atomic E-state index is 13.9. The maximum Gasteiger partial charge on any atom is 0.257 e. The number of unbranched alkanes of at least 4 members (excludes halogenated alkanes) is 1. The van der Waals surface area contributed by atoms with Gasteiger partial charge < -0.3 is 30.7 Å². The van der Waals surface area contributed by atoms with Gasteiger partial charge in [0.1, 0.15) is 12.1 Å². The first-order chi connectivity index (χ1) is 23.7. The summed E-state index contributed by atoms with van der Waals surface area (Å²) in [7, 11) is 1.95. The Morgan fingerprint density at radius 3 is 2.26 bits per heavy atom. The van der Waals surface area contributed by atoms with Crippen LogP contribution in [-0.2, 0) is 25.7 Å². The minimum Gasteiger partial charge on any atom is -0.392 e. The lowest BCUT2D eigenvalue weighted by atomic mass is 9.85. The fourth-order valence-electron chi connectivity index (χ4n) is 5.22. The third-order valence-electron chi connectivity index (χ3n) is 8.00. The van der Waals surface area contributed by atoms with E-state index in [1.807, 2.05) is 47.7 Å². The Hall–Kier alpha value is -3.58. The second-order valence-corrected chi connectivity index (χ2v) is 13.8. The zero-order chi connectivity index (χ0) is 38.3. The summed E-state index contributed by atoms with van der Waals surface area (Å²) in [5.41, 5.74) is 7.74. The van der Waals surface area contributed by atoms with Crippen molar-refractivity contribution < 1.29 is 23.7 Å². The van der Waals surface area contributed by atoms with Gasteiger partial charge in [0.2, 0.25) is 24.6 Å². The van der Waals surface area contributed by atoms with Crippen molar-refractivity contribution in [3.8, 4) is 0 Å². The van der Waals surface area contributed by atoms with Gasteiger partial charge in [0.25, 0.3) is 5.91 Å². The van der Waals surface area contributed by atoms with Crippen LogP contribution in [0.1, 0.15) is 105 Å². The molecule has 1 aromatic rings. The van der Waals surface area contributed by atoms with Crippen LogP contribution in [-0.4, -0.2) is 76.5 Å². The lowest BCUT2D eigenvalue weighted by molar-refractivity contribution is -0.161. The highest BCUT2D eigenvalue weighted by Crippen LogP contribution is 2.34. The van der Waals surface area contributed by atoms with Gasteiger partial charge in [-0.15, -0.1) is 11.8 Å². The molecule has 0 spiro atoms. The Bertz CT molecular complexity index is 1330. The minimum atomic E-state index is -1.00. The van der Waals surface area contributed by atoms with Gasteiger partial charge in [-0.25, -0.2) is 0 Å². The number of primary amides is 1. The van der Waals surface area contributed by atoms with Crippen molar-refractivity contribution >= 4 is 48.0 Å². The van der Waals surface area contributed by atoms with E-state index in [0.29, 0.717) is 54.7 Å². The first-order valence-electron chi connectivity index (χ1n) is 17.0. The summed E-state index contributed by atoms with van der Waals surface area (Å²) < 4.78 is 5.20. The minimum absolute atomic E-state index is 0.142. The number of hydrogen-bond donors (Lipinski definition) is 3.